The van der Waals surface area contributed by atoms with Crippen LogP contribution < -0.4 is 0 Å². The Labute approximate surface area is 106 Å². The summed E-state index contributed by atoms with van der Waals surface area (Å²) >= 11 is 0. The van der Waals surface area contributed by atoms with Crippen LogP contribution in [-0.2, 0) is 0 Å². The van der Waals surface area contributed by atoms with Gasteiger partial charge in [0.2, 0.25) is 0 Å². The van der Waals surface area contributed by atoms with Gasteiger partial charge in [0.1, 0.15) is 5.82 Å². The lowest BCUT2D eigenvalue weighted by atomic mass is 10.0. The standard InChI is InChI=1S/C14H8F4O/c1-7-2-8(4-10(15)3-7)14(19)9-5-11(16)13(18)12(17)6-9/h2-6H,1H3. The summed E-state index contributed by atoms with van der Waals surface area (Å²) in [6.07, 6.45) is 0. The molecule has 0 fully saturated rings. The molecule has 0 amide bonds. The highest BCUT2D eigenvalue weighted by Crippen LogP contribution is 2.18. The number of carbonyl (C=O) groups is 1. The van der Waals surface area contributed by atoms with Crippen molar-refractivity contribution in [2.24, 2.45) is 0 Å². The number of rotatable bonds is 2. The Bertz CT molecular complexity index is 621. The third-order valence-corrected chi connectivity index (χ3v) is 2.55. The number of hydrogen-bond acceptors (Lipinski definition) is 1. The van der Waals surface area contributed by atoms with Gasteiger partial charge in [-0.05, 0) is 42.8 Å². The summed E-state index contributed by atoms with van der Waals surface area (Å²) in [6, 6.07) is 4.71. The van der Waals surface area contributed by atoms with Gasteiger partial charge in [0.05, 0.1) is 0 Å². The van der Waals surface area contributed by atoms with Crippen LogP contribution in [0.3, 0.4) is 0 Å². The van der Waals surface area contributed by atoms with E-state index in [1.54, 1.807) is 6.92 Å². The maximum absolute atomic E-state index is 13.2. The minimum absolute atomic E-state index is 0.0529. The Balaban J connectivity index is 2.50. The van der Waals surface area contributed by atoms with Gasteiger partial charge < -0.3 is 0 Å². The van der Waals surface area contributed by atoms with E-state index in [0.29, 0.717) is 17.7 Å². The summed E-state index contributed by atoms with van der Waals surface area (Å²) in [5.74, 6) is -5.98. The first-order valence-electron chi connectivity index (χ1n) is 5.35. The molecule has 0 saturated heterocycles. The van der Waals surface area contributed by atoms with Gasteiger partial charge in [0.15, 0.2) is 23.2 Å². The Hall–Kier alpha value is -2.17. The van der Waals surface area contributed by atoms with Crippen LogP contribution in [0.25, 0.3) is 0 Å². The third-order valence-electron chi connectivity index (χ3n) is 2.55. The first-order valence-corrected chi connectivity index (χ1v) is 5.35. The summed E-state index contributed by atoms with van der Waals surface area (Å²) in [7, 11) is 0. The van der Waals surface area contributed by atoms with Gasteiger partial charge in [-0.3, -0.25) is 4.79 Å². The summed E-state index contributed by atoms with van der Waals surface area (Å²) in [6.45, 7) is 1.58. The molecule has 0 unspecified atom stereocenters. The fourth-order valence-corrected chi connectivity index (χ4v) is 1.72. The second-order valence-corrected chi connectivity index (χ2v) is 4.10. The van der Waals surface area contributed by atoms with Gasteiger partial charge in [-0.15, -0.1) is 0 Å². The molecule has 98 valence electrons. The first kappa shape index (κ1) is 13.3. The Morgan fingerprint density at radius 3 is 1.89 bits per heavy atom. The summed E-state index contributed by atoms with van der Waals surface area (Å²) in [5.41, 5.74) is 0.0655. The molecule has 2 rings (SSSR count). The topological polar surface area (TPSA) is 17.1 Å². The highest BCUT2D eigenvalue weighted by Gasteiger charge is 2.17. The molecule has 5 heteroatoms. The van der Waals surface area contributed by atoms with E-state index in [1.807, 2.05) is 0 Å². The first-order chi connectivity index (χ1) is 8.88. The summed E-state index contributed by atoms with van der Waals surface area (Å²) in [4.78, 5) is 11.9. The maximum atomic E-state index is 13.2. The van der Waals surface area contributed by atoms with Crippen LogP contribution in [0, 0.1) is 30.2 Å². The van der Waals surface area contributed by atoms with E-state index in [4.69, 9.17) is 0 Å². The Morgan fingerprint density at radius 2 is 1.37 bits per heavy atom. The zero-order valence-electron chi connectivity index (χ0n) is 9.81. The molecule has 0 saturated carbocycles. The van der Waals surface area contributed by atoms with Crippen LogP contribution in [-0.4, -0.2) is 5.78 Å². The lowest BCUT2D eigenvalue weighted by Crippen LogP contribution is -2.05. The lowest BCUT2D eigenvalue weighted by molar-refractivity contribution is 0.103. The number of hydrogen-bond donors (Lipinski definition) is 0. The zero-order valence-corrected chi connectivity index (χ0v) is 9.81. The predicted molar refractivity (Wildman–Crippen MR) is 60.9 cm³/mol. The predicted octanol–water partition coefficient (Wildman–Crippen LogP) is 3.78. The van der Waals surface area contributed by atoms with Crippen molar-refractivity contribution in [2.45, 2.75) is 6.92 Å². The van der Waals surface area contributed by atoms with Gasteiger partial charge in [-0.1, -0.05) is 0 Å². The van der Waals surface area contributed by atoms with Gasteiger partial charge >= 0.3 is 0 Å². The number of aryl methyl sites for hydroxylation is 1. The second-order valence-electron chi connectivity index (χ2n) is 4.10. The molecular formula is C14H8F4O. The maximum Gasteiger partial charge on any atom is 0.194 e. The Kier molecular flexibility index (Phi) is 3.38. The molecule has 0 aliphatic heterocycles. The number of halogens is 4. The molecular weight excluding hydrogens is 260 g/mol. The van der Waals surface area contributed by atoms with Crippen molar-refractivity contribution < 1.29 is 22.4 Å². The number of benzene rings is 2. The third kappa shape index (κ3) is 2.65. The molecule has 19 heavy (non-hydrogen) atoms. The van der Waals surface area contributed by atoms with E-state index in [9.17, 15) is 22.4 Å². The fraction of sp³-hybridized carbons (Fsp3) is 0.0714. The SMILES string of the molecule is Cc1cc(F)cc(C(=O)c2cc(F)c(F)c(F)c2)c1. The lowest BCUT2D eigenvalue weighted by Gasteiger charge is -2.04. The minimum atomic E-state index is -1.65. The molecule has 0 radical (unpaired) electrons. The zero-order chi connectivity index (χ0) is 14.2. The number of carbonyl (C=O) groups excluding carboxylic acids is 1. The quantitative estimate of drug-likeness (QED) is 0.460. The van der Waals surface area contributed by atoms with Gasteiger partial charge in [-0.2, -0.15) is 0 Å². The largest absolute Gasteiger partial charge is 0.289 e. The van der Waals surface area contributed by atoms with Crippen molar-refractivity contribution in [3.05, 3.63) is 70.3 Å². The number of ketones is 1. The van der Waals surface area contributed by atoms with E-state index in [-0.39, 0.29) is 11.1 Å². The molecule has 0 aromatic heterocycles. The molecule has 2 aromatic carbocycles. The van der Waals surface area contributed by atoms with Gasteiger partial charge in [0.25, 0.3) is 0 Å². The van der Waals surface area contributed by atoms with E-state index in [0.717, 1.165) is 6.07 Å². The summed E-state index contributed by atoms with van der Waals surface area (Å²) < 4.78 is 52.0. The minimum Gasteiger partial charge on any atom is -0.289 e. The van der Waals surface area contributed by atoms with Crippen LogP contribution in [0.5, 0.6) is 0 Å². The normalized spacial score (nSPS) is 10.6. The Morgan fingerprint density at radius 1 is 0.842 bits per heavy atom. The highest BCUT2D eigenvalue weighted by molar-refractivity contribution is 6.09. The van der Waals surface area contributed by atoms with Crippen molar-refractivity contribution in [3.63, 3.8) is 0 Å². The van der Waals surface area contributed by atoms with E-state index in [1.165, 1.54) is 12.1 Å². The fourth-order valence-electron chi connectivity index (χ4n) is 1.72. The molecule has 0 N–H and O–H groups in total. The van der Waals surface area contributed by atoms with Crippen LogP contribution >= 0.6 is 0 Å². The van der Waals surface area contributed by atoms with Crippen molar-refractivity contribution in [2.75, 3.05) is 0 Å². The summed E-state index contributed by atoms with van der Waals surface area (Å²) in [5, 5.41) is 0. The van der Waals surface area contributed by atoms with E-state index >= 15 is 0 Å². The molecule has 2 aromatic rings. The molecule has 0 aliphatic rings. The highest BCUT2D eigenvalue weighted by atomic mass is 19.2. The van der Waals surface area contributed by atoms with Crippen molar-refractivity contribution in [3.8, 4) is 0 Å². The second kappa shape index (κ2) is 4.84. The average Bonchev–Trinajstić information content (AvgIpc) is 2.33. The van der Waals surface area contributed by atoms with Crippen LogP contribution in [0.4, 0.5) is 17.6 Å². The van der Waals surface area contributed by atoms with Crippen molar-refractivity contribution >= 4 is 5.78 Å². The van der Waals surface area contributed by atoms with Crippen molar-refractivity contribution in [1.82, 2.24) is 0 Å². The molecule has 0 bridgehead atoms. The molecule has 1 nitrogen and oxygen atoms in total. The van der Waals surface area contributed by atoms with Gasteiger partial charge in [0, 0.05) is 11.1 Å². The monoisotopic (exact) mass is 268 g/mol. The van der Waals surface area contributed by atoms with Crippen LogP contribution in [0.2, 0.25) is 0 Å². The molecule has 0 atom stereocenters. The smallest absolute Gasteiger partial charge is 0.194 e. The van der Waals surface area contributed by atoms with Crippen molar-refractivity contribution in [1.29, 1.82) is 0 Å². The van der Waals surface area contributed by atoms with Gasteiger partial charge in [-0.25, -0.2) is 17.6 Å². The molecule has 0 spiro atoms. The van der Waals surface area contributed by atoms with Crippen LogP contribution in [0.15, 0.2) is 30.3 Å². The van der Waals surface area contributed by atoms with Crippen LogP contribution in [0.1, 0.15) is 21.5 Å². The average molecular weight is 268 g/mol. The molecule has 0 heterocycles. The molecule has 0 aliphatic carbocycles. The van der Waals surface area contributed by atoms with E-state index < -0.39 is 29.1 Å². The van der Waals surface area contributed by atoms with E-state index in [2.05, 4.69) is 0 Å².